The van der Waals surface area contributed by atoms with Crippen LogP contribution in [0.5, 0.6) is 0 Å². The van der Waals surface area contributed by atoms with Crippen molar-refractivity contribution in [1.29, 1.82) is 0 Å². The van der Waals surface area contributed by atoms with Gasteiger partial charge in [-0.1, -0.05) is 24.3 Å². The minimum absolute atomic E-state index is 0.463. The van der Waals surface area contributed by atoms with E-state index in [1.165, 1.54) is 11.3 Å². The zero-order valence-electron chi connectivity index (χ0n) is 11.1. The molecule has 2 aromatic rings. The van der Waals surface area contributed by atoms with Gasteiger partial charge in [0.1, 0.15) is 5.82 Å². The molecular formula is C16H18N2O. The van der Waals surface area contributed by atoms with Crippen LogP contribution in [0.25, 0.3) is 0 Å². The molecule has 1 aliphatic rings. The van der Waals surface area contributed by atoms with Gasteiger partial charge in [-0.05, 0) is 43.0 Å². The van der Waals surface area contributed by atoms with E-state index in [9.17, 15) is 5.11 Å². The standard InChI is InChI=1S/C16H18N2O/c1-12(19)14-8-9-16(17-11-14)18-10-4-6-13-5-2-3-7-15(13)18/h2-3,5,7-9,11-12,19H,4,6,10H2,1H3/t12-/m1/s1. The molecule has 0 unspecified atom stereocenters. The summed E-state index contributed by atoms with van der Waals surface area (Å²) in [4.78, 5) is 6.74. The smallest absolute Gasteiger partial charge is 0.132 e. The van der Waals surface area contributed by atoms with Crippen molar-refractivity contribution >= 4 is 11.5 Å². The summed E-state index contributed by atoms with van der Waals surface area (Å²) in [7, 11) is 0. The molecule has 3 heteroatoms. The van der Waals surface area contributed by atoms with Gasteiger partial charge in [0.2, 0.25) is 0 Å². The van der Waals surface area contributed by atoms with Crippen molar-refractivity contribution in [1.82, 2.24) is 4.98 Å². The number of aryl methyl sites for hydroxylation is 1. The third kappa shape index (κ3) is 2.34. The first-order chi connectivity index (χ1) is 9.25. The SMILES string of the molecule is C[C@@H](O)c1ccc(N2CCCc3ccccc32)nc1. The van der Waals surface area contributed by atoms with Gasteiger partial charge < -0.3 is 10.0 Å². The predicted molar refractivity (Wildman–Crippen MR) is 76.6 cm³/mol. The van der Waals surface area contributed by atoms with Crippen LogP contribution in [0.2, 0.25) is 0 Å². The lowest BCUT2D eigenvalue weighted by molar-refractivity contribution is 0.199. The first-order valence-corrected chi connectivity index (χ1v) is 6.75. The second-order valence-electron chi connectivity index (χ2n) is 5.01. The van der Waals surface area contributed by atoms with E-state index in [4.69, 9.17) is 0 Å². The fraction of sp³-hybridized carbons (Fsp3) is 0.312. The Balaban J connectivity index is 1.95. The van der Waals surface area contributed by atoms with Crippen LogP contribution in [-0.2, 0) is 6.42 Å². The third-order valence-corrected chi connectivity index (χ3v) is 3.64. The van der Waals surface area contributed by atoms with Gasteiger partial charge in [-0.2, -0.15) is 0 Å². The van der Waals surface area contributed by atoms with Gasteiger partial charge >= 0.3 is 0 Å². The summed E-state index contributed by atoms with van der Waals surface area (Å²) in [6.45, 7) is 2.75. The van der Waals surface area contributed by atoms with Crippen molar-refractivity contribution in [3.63, 3.8) is 0 Å². The van der Waals surface area contributed by atoms with E-state index < -0.39 is 6.10 Å². The summed E-state index contributed by atoms with van der Waals surface area (Å²) < 4.78 is 0. The van der Waals surface area contributed by atoms with Crippen molar-refractivity contribution in [3.05, 3.63) is 53.7 Å². The van der Waals surface area contributed by atoms with E-state index in [0.29, 0.717) is 0 Å². The molecule has 0 saturated carbocycles. The van der Waals surface area contributed by atoms with Crippen LogP contribution >= 0.6 is 0 Å². The van der Waals surface area contributed by atoms with Crippen molar-refractivity contribution in [2.45, 2.75) is 25.9 Å². The van der Waals surface area contributed by atoms with E-state index in [1.54, 1.807) is 13.1 Å². The van der Waals surface area contributed by atoms with Crippen LogP contribution in [0.1, 0.15) is 30.6 Å². The molecule has 3 rings (SSSR count). The number of hydrogen-bond donors (Lipinski definition) is 1. The summed E-state index contributed by atoms with van der Waals surface area (Å²) in [6, 6.07) is 12.4. The Morgan fingerprint density at radius 3 is 2.79 bits per heavy atom. The van der Waals surface area contributed by atoms with Gasteiger partial charge in [-0.3, -0.25) is 0 Å². The molecule has 2 heterocycles. The average molecular weight is 254 g/mol. The molecule has 3 nitrogen and oxygen atoms in total. The maximum Gasteiger partial charge on any atom is 0.132 e. The number of aromatic nitrogens is 1. The largest absolute Gasteiger partial charge is 0.389 e. The Morgan fingerprint density at radius 2 is 2.05 bits per heavy atom. The number of pyridine rings is 1. The van der Waals surface area contributed by atoms with Crippen LogP contribution in [0.15, 0.2) is 42.6 Å². The molecule has 1 aliphatic heterocycles. The third-order valence-electron chi connectivity index (χ3n) is 3.64. The van der Waals surface area contributed by atoms with Gasteiger partial charge in [0.15, 0.2) is 0 Å². The van der Waals surface area contributed by atoms with E-state index in [2.05, 4.69) is 34.1 Å². The molecular weight excluding hydrogens is 236 g/mol. The molecule has 1 atom stereocenters. The van der Waals surface area contributed by atoms with E-state index in [1.807, 2.05) is 12.1 Å². The lowest BCUT2D eigenvalue weighted by atomic mass is 10.0. The number of aliphatic hydroxyl groups is 1. The topological polar surface area (TPSA) is 36.4 Å². The number of nitrogens with zero attached hydrogens (tertiary/aromatic N) is 2. The predicted octanol–water partition coefficient (Wildman–Crippen LogP) is 3.22. The summed E-state index contributed by atoms with van der Waals surface area (Å²) in [5, 5.41) is 9.53. The summed E-state index contributed by atoms with van der Waals surface area (Å²) in [6.07, 6.45) is 3.59. The van der Waals surface area contributed by atoms with Crippen molar-refractivity contribution in [2.75, 3.05) is 11.4 Å². The minimum Gasteiger partial charge on any atom is -0.389 e. The number of hydrogen-bond acceptors (Lipinski definition) is 3. The molecule has 0 amide bonds. The zero-order chi connectivity index (χ0) is 13.2. The maximum absolute atomic E-state index is 9.53. The van der Waals surface area contributed by atoms with Crippen LogP contribution in [0.3, 0.4) is 0 Å². The highest BCUT2D eigenvalue weighted by Gasteiger charge is 2.18. The molecule has 0 bridgehead atoms. The fourth-order valence-electron chi connectivity index (χ4n) is 2.58. The van der Waals surface area contributed by atoms with Crippen molar-refractivity contribution < 1.29 is 5.11 Å². The Labute approximate surface area is 113 Å². The van der Waals surface area contributed by atoms with Gasteiger partial charge in [0.05, 0.1) is 6.10 Å². The quantitative estimate of drug-likeness (QED) is 0.894. The van der Waals surface area contributed by atoms with E-state index in [-0.39, 0.29) is 0 Å². The number of aliphatic hydroxyl groups excluding tert-OH is 1. The zero-order valence-corrected chi connectivity index (χ0v) is 11.1. The second-order valence-corrected chi connectivity index (χ2v) is 5.01. The van der Waals surface area contributed by atoms with Crippen LogP contribution in [-0.4, -0.2) is 16.6 Å². The monoisotopic (exact) mass is 254 g/mol. The van der Waals surface area contributed by atoms with Crippen molar-refractivity contribution in [3.8, 4) is 0 Å². The van der Waals surface area contributed by atoms with E-state index in [0.717, 1.165) is 30.8 Å². The first-order valence-electron chi connectivity index (χ1n) is 6.75. The molecule has 0 saturated heterocycles. The highest BCUT2D eigenvalue weighted by molar-refractivity contribution is 5.65. The molecule has 1 aromatic heterocycles. The first kappa shape index (κ1) is 12.2. The Bertz CT molecular complexity index is 563. The van der Waals surface area contributed by atoms with Gasteiger partial charge in [-0.25, -0.2) is 4.98 Å². The van der Waals surface area contributed by atoms with Gasteiger partial charge in [0, 0.05) is 18.4 Å². The minimum atomic E-state index is -0.463. The highest BCUT2D eigenvalue weighted by atomic mass is 16.3. The number of benzene rings is 1. The molecule has 0 fully saturated rings. The Morgan fingerprint density at radius 1 is 1.21 bits per heavy atom. The Hall–Kier alpha value is -1.87. The summed E-state index contributed by atoms with van der Waals surface area (Å²) in [5.41, 5.74) is 3.50. The maximum atomic E-state index is 9.53. The van der Waals surface area contributed by atoms with Crippen molar-refractivity contribution in [2.24, 2.45) is 0 Å². The number of fused-ring (bicyclic) bond motifs is 1. The van der Waals surface area contributed by atoms with Gasteiger partial charge in [0.25, 0.3) is 0 Å². The second kappa shape index (κ2) is 5.02. The lowest BCUT2D eigenvalue weighted by Crippen LogP contribution is -2.25. The molecule has 0 radical (unpaired) electrons. The number of rotatable bonds is 2. The van der Waals surface area contributed by atoms with E-state index >= 15 is 0 Å². The fourth-order valence-corrected chi connectivity index (χ4v) is 2.58. The molecule has 1 N–H and O–H groups in total. The number of anilines is 2. The molecule has 0 aliphatic carbocycles. The average Bonchev–Trinajstić information content (AvgIpc) is 2.47. The Kier molecular flexibility index (Phi) is 3.22. The van der Waals surface area contributed by atoms with Crippen LogP contribution < -0.4 is 4.90 Å². The lowest BCUT2D eigenvalue weighted by Gasteiger charge is -2.30. The normalized spacial score (nSPS) is 16.0. The van der Waals surface area contributed by atoms with Crippen LogP contribution in [0.4, 0.5) is 11.5 Å². The molecule has 98 valence electrons. The van der Waals surface area contributed by atoms with Crippen LogP contribution in [0, 0.1) is 0 Å². The molecule has 1 aromatic carbocycles. The molecule has 0 spiro atoms. The number of para-hydroxylation sites is 1. The summed E-state index contributed by atoms with van der Waals surface area (Å²) >= 11 is 0. The summed E-state index contributed by atoms with van der Waals surface area (Å²) in [5.74, 6) is 0.955. The van der Waals surface area contributed by atoms with Gasteiger partial charge in [-0.15, -0.1) is 0 Å². The molecule has 19 heavy (non-hydrogen) atoms. The highest BCUT2D eigenvalue weighted by Crippen LogP contribution is 2.32.